The highest BCUT2D eigenvalue weighted by molar-refractivity contribution is 5.92. The predicted molar refractivity (Wildman–Crippen MR) is 74.3 cm³/mol. The van der Waals surface area contributed by atoms with Gasteiger partial charge in [0.25, 0.3) is 5.91 Å². The maximum absolute atomic E-state index is 11.8. The topological polar surface area (TPSA) is 82.4 Å². The van der Waals surface area contributed by atoms with E-state index in [2.05, 4.69) is 5.32 Å². The first kappa shape index (κ1) is 15.5. The molecule has 0 aliphatic heterocycles. The van der Waals surface area contributed by atoms with Gasteiger partial charge in [0, 0.05) is 26.3 Å². The van der Waals surface area contributed by atoms with Crippen LogP contribution in [0.15, 0.2) is 24.3 Å². The number of hydrogen-bond donors (Lipinski definition) is 1. The monoisotopic (exact) mass is 275 g/mol. The Morgan fingerprint density at radius 2 is 2.15 bits per heavy atom. The average molecular weight is 275 g/mol. The summed E-state index contributed by atoms with van der Waals surface area (Å²) in [6.07, 6.45) is 0.227. The molecule has 20 heavy (non-hydrogen) atoms. The lowest BCUT2D eigenvalue weighted by Crippen LogP contribution is -2.29. The maximum atomic E-state index is 11.8. The molecule has 6 nitrogen and oxygen atoms in total. The minimum absolute atomic E-state index is 0.227. The standard InChI is InChI=1S/C14H17N3O3/c1-17(2)12-6-3-5-11(9-12)14(19)20-10-13(18)16-8-4-7-15/h3,5-6,9H,4,8,10H2,1-2H3,(H,16,18). The summed E-state index contributed by atoms with van der Waals surface area (Å²) in [6.45, 7) is -0.0978. The summed E-state index contributed by atoms with van der Waals surface area (Å²) in [5, 5.41) is 10.8. The van der Waals surface area contributed by atoms with Crippen LogP contribution in [0, 0.1) is 11.3 Å². The summed E-state index contributed by atoms with van der Waals surface area (Å²) in [6, 6.07) is 8.84. The number of nitrogens with one attached hydrogen (secondary N) is 1. The van der Waals surface area contributed by atoms with Crippen LogP contribution in [0.2, 0.25) is 0 Å². The zero-order valence-electron chi connectivity index (χ0n) is 11.5. The highest BCUT2D eigenvalue weighted by Crippen LogP contribution is 2.14. The molecule has 6 heteroatoms. The van der Waals surface area contributed by atoms with Gasteiger partial charge in [0.2, 0.25) is 0 Å². The molecule has 0 aliphatic carbocycles. The van der Waals surface area contributed by atoms with E-state index in [0.717, 1.165) is 5.69 Å². The normalized spacial score (nSPS) is 9.45. The molecule has 0 unspecified atom stereocenters. The van der Waals surface area contributed by atoms with Gasteiger partial charge in [-0.05, 0) is 18.2 Å². The number of nitriles is 1. The van der Waals surface area contributed by atoms with Crippen LogP contribution in [-0.2, 0) is 9.53 Å². The SMILES string of the molecule is CN(C)c1cccc(C(=O)OCC(=O)NCCC#N)c1. The van der Waals surface area contributed by atoms with Gasteiger partial charge in [0.1, 0.15) is 0 Å². The van der Waals surface area contributed by atoms with Gasteiger partial charge >= 0.3 is 5.97 Å². The van der Waals surface area contributed by atoms with Gasteiger partial charge < -0.3 is 15.0 Å². The molecule has 0 atom stereocenters. The van der Waals surface area contributed by atoms with Crippen molar-refractivity contribution in [2.75, 3.05) is 32.1 Å². The van der Waals surface area contributed by atoms with E-state index in [0.29, 0.717) is 5.56 Å². The molecule has 0 aliphatic rings. The summed E-state index contributed by atoms with van der Waals surface area (Å²) in [5.41, 5.74) is 1.26. The quantitative estimate of drug-likeness (QED) is 0.617. The Hall–Kier alpha value is -2.55. The van der Waals surface area contributed by atoms with Crippen LogP contribution in [-0.4, -0.2) is 39.1 Å². The van der Waals surface area contributed by atoms with Crippen molar-refractivity contribution in [1.29, 1.82) is 5.26 Å². The summed E-state index contributed by atoms with van der Waals surface area (Å²) < 4.78 is 4.90. The number of esters is 1. The van der Waals surface area contributed by atoms with Crippen molar-refractivity contribution in [1.82, 2.24) is 5.32 Å². The van der Waals surface area contributed by atoms with Gasteiger partial charge in [-0.2, -0.15) is 5.26 Å². The first-order valence-electron chi connectivity index (χ1n) is 6.12. The van der Waals surface area contributed by atoms with Crippen LogP contribution in [0.25, 0.3) is 0 Å². The lowest BCUT2D eigenvalue weighted by atomic mass is 10.2. The van der Waals surface area contributed by atoms with Crippen molar-refractivity contribution in [3.63, 3.8) is 0 Å². The van der Waals surface area contributed by atoms with Crippen molar-refractivity contribution in [3.8, 4) is 6.07 Å². The molecule has 0 bridgehead atoms. The molecule has 0 radical (unpaired) electrons. The van der Waals surface area contributed by atoms with E-state index in [1.807, 2.05) is 31.1 Å². The number of hydrogen-bond acceptors (Lipinski definition) is 5. The number of ether oxygens (including phenoxy) is 1. The molecule has 106 valence electrons. The number of carbonyl (C=O) groups excluding carboxylic acids is 2. The van der Waals surface area contributed by atoms with Gasteiger partial charge in [-0.3, -0.25) is 4.79 Å². The van der Waals surface area contributed by atoms with E-state index in [1.165, 1.54) is 0 Å². The summed E-state index contributed by atoms with van der Waals surface area (Å²) in [4.78, 5) is 25.0. The molecule has 0 fully saturated rings. The van der Waals surface area contributed by atoms with E-state index in [9.17, 15) is 9.59 Å². The van der Waals surface area contributed by atoms with Crippen molar-refractivity contribution in [3.05, 3.63) is 29.8 Å². The van der Waals surface area contributed by atoms with E-state index < -0.39 is 11.9 Å². The number of carbonyl (C=O) groups is 2. The molecule has 0 saturated heterocycles. The second kappa shape index (κ2) is 7.79. The third-order valence-electron chi connectivity index (χ3n) is 2.49. The fourth-order valence-electron chi connectivity index (χ4n) is 1.43. The second-order valence-corrected chi connectivity index (χ2v) is 4.28. The average Bonchev–Trinajstić information content (AvgIpc) is 2.45. The molecule has 0 spiro atoms. The van der Waals surface area contributed by atoms with Gasteiger partial charge in [-0.25, -0.2) is 4.79 Å². The van der Waals surface area contributed by atoms with Crippen molar-refractivity contribution < 1.29 is 14.3 Å². The molecular formula is C14H17N3O3. The zero-order valence-corrected chi connectivity index (χ0v) is 11.5. The third kappa shape index (κ3) is 4.98. The predicted octanol–water partition coefficient (Wildman–Crippen LogP) is 0.939. The number of rotatable bonds is 6. The second-order valence-electron chi connectivity index (χ2n) is 4.28. The zero-order chi connectivity index (χ0) is 15.0. The lowest BCUT2D eigenvalue weighted by molar-refractivity contribution is -0.124. The molecule has 0 heterocycles. The Labute approximate surface area is 117 Å². The van der Waals surface area contributed by atoms with E-state index in [-0.39, 0.29) is 19.6 Å². The van der Waals surface area contributed by atoms with Crippen LogP contribution in [0.3, 0.4) is 0 Å². The molecule has 1 aromatic carbocycles. The van der Waals surface area contributed by atoms with Crippen LogP contribution in [0.5, 0.6) is 0 Å². The highest BCUT2D eigenvalue weighted by atomic mass is 16.5. The molecule has 1 N–H and O–H groups in total. The summed E-state index contributed by atoms with van der Waals surface area (Å²) in [7, 11) is 3.74. The number of nitrogens with zero attached hydrogens (tertiary/aromatic N) is 2. The molecule has 1 rings (SSSR count). The highest BCUT2D eigenvalue weighted by Gasteiger charge is 2.10. The third-order valence-corrected chi connectivity index (χ3v) is 2.49. The van der Waals surface area contributed by atoms with Crippen molar-refractivity contribution in [2.45, 2.75) is 6.42 Å². The van der Waals surface area contributed by atoms with Crippen LogP contribution in [0.4, 0.5) is 5.69 Å². The Morgan fingerprint density at radius 3 is 2.80 bits per heavy atom. The summed E-state index contributed by atoms with van der Waals surface area (Å²) >= 11 is 0. The Kier molecular flexibility index (Phi) is 6.04. The van der Waals surface area contributed by atoms with E-state index in [4.69, 9.17) is 10.00 Å². The van der Waals surface area contributed by atoms with E-state index in [1.54, 1.807) is 18.2 Å². The Morgan fingerprint density at radius 1 is 1.40 bits per heavy atom. The number of anilines is 1. The molecule has 1 aromatic rings. The number of benzene rings is 1. The fraction of sp³-hybridized carbons (Fsp3) is 0.357. The van der Waals surface area contributed by atoms with Crippen molar-refractivity contribution >= 4 is 17.6 Å². The molecule has 0 aromatic heterocycles. The smallest absolute Gasteiger partial charge is 0.338 e. The largest absolute Gasteiger partial charge is 0.452 e. The fourth-order valence-corrected chi connectivity index (χ4v) is 1.43. The van der Waals surface area contributed by atoms with Gasteiger partial charge in [0.05, 0.1) is 18.1 Å². The first-order chi connectivity index (χ1) is 9.54. The van der Waals surface area contributed by atoms with Gasteiger partial charge in [-0.15, -0.1) is 0 Å². The molecule has 1 amide bonds. The van der Waals surface area contributed by atoms with Crippen LogP contribution in [0.1, 0.15) is 16.8 Å². The number of amides is 1. The van der Waals surface area contributed by atoms with Gasteiger partial charge in [-0.1, -0.05) is 6.07 Å². The first-order valence-corrected chi connectivity index (χ1v) is 6.12. The molecule has 0 saturated carbocycles. The lowest BCUT2D eigenvalue weighted by Gasteiger charge is -2.13. The van der Waals surface area contributed by atoms with E-state index >= 15 is 0 Å². The summed E-state index contributed by atoms with van der Waals surface area (Å²) in [5.74, 6) is -0.971. The van der Waals surface area contributed by atoms with Crippen molar-refractivity contribution in [2.24, 2.45) is 0 Å². The minimum Gasteiger partial charge on any atom is -0.452 e. The minimum atomic E-state index is -0.552. The molecular weight excluding hydrogens is 258 g/mol. The van der Waals surface area contributed by atoms with Gasteiger partial charge in [0.15, 0.2) is 6.61 Å². The maximum Gasteiger partial charge on any atom is 0.338 e. The van der Waals surface area contributed by atoms with Crippen LogP contribution < -0.4 is 10.2 Å². The Balaban J connectivity index is 2.49. The Bertz CT molecular complexity index is 521. The van der Waals surface area contributed by atoms with Crippen LogP contribution >= 0.6 is 0 Å².